The maximum Gasteiger partial charge on any atom is 0.242 e. The fraction of sp³-hybridized carbons (Fsp3) is 0.375. The Hall–Kier alpha value is -2.61. The lowest BCUT2D eigenvalue weighted by molar-refractivity contribution is -0.129. The van der Waals surface area contributed by atoms with E-state index < -0.39 is 6.04 Å². The molecule has 3 rings (SSSR count). The largest absolute Gasteiger partial charge is 0.384 e. The first-order valence-electron chi connectivity index (χ1n) is 10.7. The van der Waals surface area contributed by atoms with Crippen molar-refractivity contribution in [2.45, 2.75) is 51.2 Å². The van der Waals surface area contributed by atoms with Crippen LogP contribution < -0.4 is 21.7 Å². The number of amidine groups is 1. The highest BCUT2D eigenvalue weighted by molar-refractivity contribution is 5.95. The summed E-state index contributed by atoms with van der Waals surface area (Å²) >= 11 is 0. The van der Waals surface area contributed by atoms with Crippen LogP contribution in [-0.4, -0.2) is 36.3 Å². The Morgan fingerprint density at radius 1 is 1.15 bits per heavy atom. The van der Waals surface area contributed by atoms with Gasteiger partial charge < -0.3 is 21.7 Å². The van der Waals surface area contributed by atoms with E-state index in [9.17, 15) is 9.59 Å². The van der Waals surface area contributed by atoms with Crippen LogP contribution in [-0.2, 0) is 22.6 Å². The van der Waals surface area contributed by atoms with Crippen LogP contribution in [0, 0.1) is 5.41 Å². The maximum absolute atomic E-state index is 12.7. The molecule has 0 unspecified atom stereocenters. The monoisotopic (exact) mass is 493 g/mol. The van der Waals surface area contributed by atoms with Crippen LogP contribution in [0.4, 0.5) is 0 Å². The molecule has 2 amide bonds. The number of halogens is 2. The van der Waals surface area contributed by atoms with Crippen molar-refractivity contribution in [2.24, 2.45) is 5.73 Å². The zero-order valence-corrected chi connectivity index (χ0v) is 20.5. The molecule has 0 spiro atoms. The fourth-order valence-electron chi connectivity index (χ4n) is 3.78. The fourth-order valence-corrected chi connectivity index (χ4v) is 3.78. The molecule has 1 saturated heterocycles. The van der Waals surface area contributed by atoms with E-state index in [2.05, 4.69) is 47.1 Å². The summed E-state index contributed by atoms with van der Waals surface area (Å²) in [5, 5.41) is 16.3. The molecule has 1 fully saturated rings. The Morgan fingerprint density at radius 2 is 1.85 bits per heavy atom. The van der Waals surface area contributed by atoms with Crippen molar-refractivity contribution in [2.75, 3.05) is 6.54 Å². The quantitative estimate of drug-likeness (QED) is 0.286. The third-order valence-electron chi connectivity index (χ3n) is 5.76. The van der Waals surface area contributed by atoms with Gasteiger partial charge in [-0.2, -0.15) is 0 Å². The number of nitrogens with two attached hydrogens (primary N) is 1. The number of nitrogen functional groups attached to an aromatic ring is 1. The number of benzene rings is 2. The summed E-state index contributed by atoms with van der Waals surface area (Å²) in [6, 6.07) is 14.7. The molecule has 1 heterocycles. The summed E-state index contributed by atoms with van der Waals surface area (Å²) in [6.07, 6.45) is 1.71. The molecular weight excluding hydrogens is 461 g/mol. The smallest absolute Gasteiger partial charge is 0.242 e. The van der Waals surface area contributed by atoms with Crippen molar-refractivity contribution in [1.29, 1.82) is 5.41 Å². The third kappa shape index (κ3) is 7.74. The lowest BCUT2D eigenvalue weighted by Gasteiger charge is -2.17. The Labute approximate surface area is 207 Å². The Bertz CT molecular complexity index is 952. The predicted molar refractivity (Wildman–Crippen MR) is 136 cm³/mol. The molecule has 7 nitrogen and oxygen atoms in total. The molecule has 180 valence electrons. The van der Waals surface area contributed by atoms with Gasteiger partial charge in [0.25, 0.3) is 0 Å². The molecule has 9 heteroatoms. The lowest BCUT2D eigenvalue weighted by atomic mass is 9.94. The molecule has 1 aliphatic rings. The standard InChI is InChI=1S/C24H31N5O2.2ClH/c1-3-16-5-4-6-19(11-16)20-12-21(27-14-20)24(31)29-15(2)23(30)28-13-17-7-9-18(10-8-17)22(25)26;;/h4-11,15,20-21,27H,3,12-14H2,1-2H3,(H3,25,26)(H,28,30)(H,29,31);2*1H/t15-,20+,21+;;/m0../s1. The van der Waals surface area contributed by atoms with Crippen molar-refractivity contribution < 1.29 is 9.59 Å². The summed E-state index contributed by atoms with van der Waals surface area (Å²) in [5.41, 5.74) is 9.53. The van der Waals surface area contributed by atoms with Crippen LogP contribution in [0.2, 0.25) is 0 Å². The molecule has 0 aromatic heterocycles. The second kappa shape index (κ2) is 13.2. The second-order valence-electron chi connectivity index (χ2n) is 8.05. The Kier molecular flexibility index (Phi) is 11.4. The van der Waals surface area contributed by atoms with E-state index in [1.54, 1.807) is 19.1 Å². The van der Waals surface area contributed by atoms with Crippen molar-refractivity contribution in [3.8, 4) is 0 Å². The highest BCUT2D eigenvalue weighted by Crippen LogP contribution is 2.26. The second-order valence-corrected chi connectivity index (χ2v) is 8.05. The minimum atomic E-state index is -0.631. The molecule has 0 radical (unpaired) electrons. The zero-order chi connectivity index (χ0) is 22.4. The van der Waals surface area contributed by atoms with Gasteiger partial charge in [0.2, 0.25) is 11.8 Å². The van der Waals surface area contributed by atoms with Crippen LogP contribution in [0.15, 0.2) is 48.5 Å². The average Bonchev–Trinajstić information content (AvgIpc) is 3.28. The van der Waals surface area contributed by atoms with E-state index in [0.29, 0.717) is 18.0 Å². The van der Waals surface area contributed by atoms with Gasteiger partial charge in [-0.05, 0) is 42.4 Å². The van der Waals surface area contributed by atoms with E-state index >= 15 is 0 Å². The van der Waals surface area contributed by atoms with Gasteiger partial charge in [0, 0.05) is 18.7 Å². The molecule has 3 atom stereocenters. The number of aryl methyl sites for hydroxylation is 1. The summed E-state index contributed by atoms with van der Waals surface area (Å²) in [6.45, 7) is 4.91. The molecule has 2 aromatic rings. The molecule has 33 heavy (non-hydrogen) atoms. The molecule has 6 N–H and O–H groups in total. The number of nitrogens with one attached hydrogen (secondary N) is 4. The number of carbonyl (C=O) groups excluding carboxylic acids is 2. The minimum absolute atomic E-state index is 0. The van der Waals surface area contributed by atoms with E-state index in [-0.39, 0.29) is 48.5 Å². The minimum Gasteiger partial charge on any atom is -0.384 e. The van der Waals surface area contributed by atoms with Crippen LogP contribution in [0.1, 0.15) is 48.4 Å². The zero-order valence-electron chi connectivity index (χ0n) is 18.9. The Morgan fingerprint density at radius 3 is 2.48 bits per heavy atom. The average molecular weight is 494 g/mol. The maximum atomic E-state index is 12.7. The lowest BCUT2D eigenvalue weighted by Crippen LogP contribution is -2.49. The number of hydrogen-bond donors (Lipinski definition) is 5. The molecular formula is C24H33Cl2N5O2. The predicted octanol–water partition coefficient (Wildman–Crippen LogP) is 2.64. The van der Waals surface area contributed by atoms with Gasteiger partial charge in [0.1, 0.15) is 11.9 Å². The number of carbonyl (C=O) groups is 2. The molecule has 0 aliphatic carbocycles. The van der Waals surface area contributed by atoms with Crippen LogP contribution in [0.25, 0.3) is 0 Å². The van der Waals surface area contributed by atoms with E-state index in [0.717, 1.165) is 24.9 Å². The number of rotatable bonds is 8. The van der Waals surface area contributed by atoms with Crippen molar-refractivity contribution in [1.82, 2.24) is 16.0 Å². The normalized spacial score (nSPS) is 17.8. The number of amides is 2. The van der Waals surface area contributed by atoms with Gasteiger partial charge in [0.05, 0.1) is 6.04 Å². The van der Waals surface area contributed by atoms with Crippen molar-refractivity contribution in [3.63, 3.8) is 0 Å². The highest BCUT2D eigenvalue weighted by atomic mass is 35.5. The Balaban J connectivity index is 0.00000272. The molecule has 2 aromatic carbocycles. The molecule has 0 saturated carbocycles. The highest BCUT2D eigenvalue weighted by Gasteiger charge is 2.31. The van der Waals surface area contributed by atoms with E-state index in [1.165, 1.54) is 11.1 Å². The summed E-state index contributed by atoms with van der Waals surface area (Å²) in [7, 11) is 0. The van der Waals surface area contributed by atoms with Crippen LogP contribution >= 0.6 is 24.8 Å². The first-order valence-corrected chi connectivity index (χ1v) is 10.7. The van der Waals surface area contributed by atoms with Crippen LogP contribution in [0.5, 0.6) is 0 Å². The first-order chi connectivity index (χ1) is 14.9. The van der Waals surface area contributed by atoms with Crippen molar-refractivity contribution >= 4 is 42.5 Å². The topological polar surface area (TPSA) is 120 Å². The molecule has 0 bridgehead atoms. The van der Waals surface area contributed by atoms with E-state index in [4.69, 9.17) is 11.1 Å². The van der Waals surface area contributed by atoms with Crippen molar-refractivity contribution in [3.05, 3.63) is 70.8 Å². The van der Waals surface area contributed by atoms with Gasteiger partial charge in [0.15, 0.2) is 0 Å². The van der Waals surface area contributed by atoms with E-state index in [1.807, 2.05) is 12.1 Å². The van der Waals surface area contributed by atoms with Gasteiger partial charge in [-0.25, -0.2) is 0 Å². The third-order valence-corrected chi connectivity index (χ3v) is 5.76. The SMILES string of the molecule is CCc1cccc([C@H]2CN[C@@H](C(=O)N[C@@H](C)C(=O)NCc3ccc(C(=N)N)cc3)C2)c1.Cl.Cl. The van der Waals surface area contributed by atoms with Gasteiger partial charge in [-0.1, -0.05) is 55.5 Å². The van der Waals surface area contributed by atoms with Gasteiger partial charge in [-0.3, -0.25) is 15.0 Å². The molecule has 1 aliphatic heterocycles. The van der Waals surface area contributed by atoms with Gasteiger partial charge in [-0.15, -0.1) is 24.8 Å². The first kappa shape index (κ1) is 28.4. The van der Waals surface area contributed by atoms with Gasteiger partial charge >= 0.3 is 0 Å². The summed E-state index contributed by atoms with van der Waals surface area (Å²) < 4.78 is 0. The number of hydrogen-bond acceptors (Lipinski definition) is 4. The summed E-state index contributed by atoms with van der Waals surface area (Å²) in [5.74, 6) is -0.0890. The summed E-state index contributed by atoms with van der Waals surface area (Å²) in [4.78, 5) is 25.0. The van der Waals surface area contributed by atoms with Crippen LogP contribution in [0.3, 0.4) is 0 Å².